The second-order valence-corrected chi connectivity index (χ2v) is 4.91. The lowest BCUT2D eigenvalue weighted by Gasteiger charge is -2.02. The zero-order valence-electron chi connectivity index (χ0n) is 10.1. The molecule has 2 aromatic heterocycles. The Morgan fingerprint density at radius 3 is 2.84 bits per heavy atom. The number of hydrogen-bond donors (Lipinski definition) is 1. The van der Waals surface area contributed by atoms with Gasteiger partial charge in [0.25, 0.3) is 0 Å². The van der Waals surface area contributed by atoms with Crippen LogP contribution in [0.2, 0.25) is 0 Å². The van der Waals surface area contributed by atoms with E-state index < -0.39 is 0 Å². The normalized spacial score (nSPS) is 10.5. The topological polar surface area (TPSA) is 78.2 Å². The van der Waals surface area contributed by atoms with Crippen LogP contribution in [0.25, 0.3) is 10.9 Å². The van der Waals surface area contributed by atoms with Gasteiger partial charge >= 0.3 is 0 Å². The fourth-order valence-corrected chi connectivity index (χ4v) is 2.52. The lowest BCUT2D eigenvalue weighted by Crippen LogP contribution is -1.89. The fraction of sp³-hybridized carbons (Fsp3) is 0.0769. The van der Waals surface area contributed by atoms with E-state index in [2.05, 4.69) is 26.2 Å². The van der Waals surface area contributed by atoms with Crippen molar-refractivity contribution in [2.45, 2.75) is 17.1 Å². The molecule has 6 heteroatoms. The number of nitrogens with zero attached hydrogens (tertiary/aromatic N) is 4. The number of para-hydroxylation sites is 1. The van der Waals surface area contributed by atoms with Gasteiger partial charge in [-0.1, -0.05) is 18.2 Å². The van der Waals surface area contributed by atoms with Crippen LogP contribution in [-0.4, -0.2) is 20.2 Å². The highest BCUT2D eigenvalue weighted by atomic mass is 32.2. The summed E-state index contributed by atoms with van der Waals surface area (Å²) in [5, 5.41) is 18.2. The van der Waals surface area contributed by atoms with Crippen molar-refractivity contribution in [2.24, 2.45) is 0 Å². The summed E-state index contributed by atoms with van der Waals surface area (Å²) in [6.45, 7) is 1.83. The first-order chi connectivity index (χ1) is 9.26. The van der Waals surface area contributed by atoms with Crippen molar-refractivity contribution in [3.63, 3.8) is 0 Å². The molecule has 0 unspecified atom stereocenters. The van der Waals surface area contributed by atoms with E-state index in [-0.39, 0.29) is 0 Å². The van der Waals surface area contributed by atoms with Crippen molar-refractivity contribution >= 4 is 22.7 Å². The number of aromatic nitrogens is 4. The minimum atomic E-state index is 0.533. The molecule has 3 aromatic rings. The van der Waals surface area contributed by atoms with Crippen LogP contribution in [0.4, 0.5) is 0 Å². The van der Waals surface area contributed by atoms with Crippen molar-refractivity contribution in [1.82, 2.24) is 20.2 Å². The third kappa shape index (κ3) is 2.28. The Balaban J connectivity index is 2.09. The van der Waals surface area contributed by atoms with Crippen LogP contribution in [-0.2, 0) is 0 Å². The highest BCUT2D eigenvalue weighted by Gasteiger charge is 2.11. The summed E-state index contributed by atoms with van der Waals surface area (Å²) < 4.78 is 0. The average molecular weight is 267 g/mol. The molecular weight excluding hydrogens is 258 g/mol. The Morgan fingerprint density at radius 1 is 1.26 bits per heavy atom. The van der Waals surface area contributed by atoms with E-state index in [4.69, 9.17) is 0 Å². The van der Waals surface area contributed by atoms with E-state index in [0.29, 0.717) is 15.7 Å². The molecule has 0 aliphatic heterocycles. The van der Waals surface area contributed by atoms with Crippen LogP contribution < -0.4 is 0 Å². The van der Waals surface area contributed by atoms with Gasteiger partial charge in [0, 0.05) is 5.39 Å². The molecule has 1 N–H and O–H groups in total. The number of rotatable bonds is 2. The standard InChI is InChI=1S/C13H9N5S/c1-8-15-13(18-17-8)19-12-10(7-14)6-9-4-2-3-5-11(9)16-12/h2-6H,1H3,(H,15,17,18). The smallest absolute Gasteiger partial charge is 0.214 e. The van der Waals surface area contributed by atoms with Gasteiger partial charge in [0.2, 0.25) is 5.16 Å². The van der Waals surface area contributed by atoms with Crippen molar-refractivity contribution < 1.29 is 0 Å². The summed E-state index contributed by atoms with van der Waals surface area (Å²) in [6.07, 6.45) is 0. The van der Waals surface area contributed by atoms with Crippen molar-refractivity contribution in [2.75, 3.05) is 0 Å². The number of hydrogen-bond acceptors (Lipinski definition) is 5. The molecule has 0 radical (unpaired) electrons. The van der Waals surface area contributed by atoms with Gasteiger partial charge in [0.1, 0.15) is 16.9 Å². The van der Waals surface area contributed by atoms with Gasteiger partial charge in [-0.2, -0.15) is 5.26 Å². The summed E-state index contributed by atoms with van der Waals surface area (Å²) in [7, 11) is 0. The first-order valence-electron chi connectivity index (χ1n) is 5.63. The van der Waals surface area contributed by atoms with Crippen molar-refractivity contribution in [1.29, 1.82) is 5.26 Å². The highest BCUT2D eigenvalue weighted by Crippen LogP contribution is 2.28. The van der Waals surface area contributed by atoms with E-state index in [1.807, 2.05) is 37.3 Å². The number of aryl methyl sites for hydroxylation is 1. The molecule has 2 heterocycles. The molecule has 0 bridgehead atoms. The van der Waals surface area contributed by atoms with E-state index in [1.54, 1.807) is 0 Å². The highest BCUT2D eigenvalue weighted by molar-refractivity contribution is 7.99. The lowest BCUT2D eigenvalue weighted by molar-refractivity contribution is 0.965. The molecule has 0 saturated carbocycles. The monoisotopic (exact) mass is 267 g/mol. The van der Waals surface area contributed by atoms with Gasteiger partial charge in [0.15, 0.2) is 0 Å². The Hall–Kier alpha value is -2.39. The molecule has 0 fully saturated rings. The summed E-state index contributed by atoms with van der Waals surface area (Å²) >= 11 is 1.29. The van der Waals surface area contributed by atoms with E-state index in [1.165, 1.54) is 11.8 Å². The summed E-state index contributed by atoms with van der Waals surface area (Å²) in [4.78, 5) is 8.71. The number of H-pyrrole nitrogens is 1. The number of nitrogens with one attached hydrogen (secondary N) is 1. The molecule has 5 nitrogen and oxygen atoms in total. The molecular formula is C13H9N5S. The first kappa shape index (κ1) is 11.7. The number of benzene rings is 1. The Bertz CT molecular complexity index is 787. The average Bonchev–Trinajstić information content (AvgIpc) is 2.83. The maximum Gasteiger partial charge on any atom is 0.214 e. The molecule has 0 atom stereocenters. The van der Waals surface area contributed by atoms with Crippen LogP contribution in [0.5, 0.6) is 0 Å². The fourth-order valence-electron chi connectivity index (χ4n) is 1.71. The minimum Gasteiger partial charge on any atom is -0.262 e. The van der Waals surface area contributed by atoms with Gasteiger partial charge in [-0.3, -0.25) is 5.10 Å². The summed E-state index contributed by atoms with van der Waals surface area (Å²) in [5.74, 6) is 0.738. The van der Waals surface area contributed by atoms with Gasteiger partial charge in [0.05, 0.1) is 11.1 Å². The minimum absolute atomic E-state index is 0.533. The molecule has 0 aliphatic rings. The lowest BCUT2D eigenvalue weighted by atomic mass is 10.2. The van der Waals surface area contributed by atoms with Crippen LogP contribution in [0.3, 0.4) is 0 Å². The van der Waals surface area contributed by atoms with Gasteiger partial charge in [-0.15, -0.1) is 5.10 Å². The van der Waals surface area contributed by atoms with Crippen molar-refractivity contribution in [3.8, 4) is 6.07 Å². The second-order valence-electron chi connectivity index (χ2n) is 3.95. The summed E-state index contributed by atoms with van der Waals surface area (Å²) in [6, 6.07) is 11.7. The van der Waals surface area contributed by atoms with E-state index in [9.17, 15) is 5.26 Å². The second kappa shape index (κ2) is 4.71. The Labute approximate surface area is 113 Å². The molecule has 0 aliphatic carbocycles. The Morgan fingerprint density at radius 2 is 2.11 bits per heavy atom. The molecule has 92 valence electrons. The number of fused-ring (bicyclic) bond motifs is 1. The zero-order chi connectivity index (χ0) is 13.2. The molecule has 1 aromatic carbocycles. The maximum atomic E-state index is 9.21. The van der Waals surface area contributed by atoms with Crippen LogP contribution in [0.1, 0.15) is 11.4 Å². The third-order valence-electron chi connectivity index (χ3n) is 2.57. The maximum absolute atomic E-state index is 9.21. The van der Waals surface area contributed by atoms with Crippen LogP contribution in [0, 0.1) is 18.3 Å². The molecule has 19 heavy (non-hydrogen) atoms. The van der Waals surface area contributed by atoms with E-state index in [0.717, 1.165) is 16.7 Å². The van der Waals surface area contributed by atoms with Crippen LogP contribution >= 0.6 is 11.8 Å². The number of pyridine rings is 1. The SMILES string of the molecule is Cc1nc(Sc2nc3ccccc3cc2C#N)n[nH]1. The van der Waals surface area contributed by atoms with Crippen molar-refractivity contribution in [3.05, 3.63) is 41.7 Å². The first-order valence-corrected chi connectivity index (χ1v) is 6.44. The molecule has 0 spiro atoms. The Kier molecular flexibility index (Phi) is 2.89. The van der Waals surface area contributed by atoms with Crippen LogP contribution in [0.15, 0.2) is 40.5 Å². The quantitative estimate of drug-likeness (QED) is 0.772. The zero-order valence-corrected chi connectivity index (χ0v) is 10.9. The predicted molar refractivity (Wildman–Crippen MR) is 71.7 cm³/mol. The summed E-state index contributed by atoms with van der Waals surface area (Å²) in [5.41, 5.74) is 1.39. The number of nitriles is 1. The molecule has 0 amide bonds. The van der Waals surface area contributed by atoms with E-state index >= 15 is 0 Å². The predicted octanol–water partition coefficient (Wildman–Crippen LogP) is 2.68. The largest absolute Gasteiger partial charge is 0.262 e. The van der Waals surface area contributed by atoms with Gasteiger partial charge in [-0.05, 0) is 30.8 Å². The van der Waals surface area contributed by atoms with Gasteiger partial charge in [-0.25, -0.2) is 9.97 Å². The molecule has 0 saturated heterocycles. The number of aromatic amines is 1. The molecule has 3 rings (SSSR count). The van der Waals surface area contributed by atoms with Gasteiger partial charge < -0.3 is 0 Å². The third-order valence-corrected chi connectivity index (χ3v) is 3.44.